The topological polar surface area (TPSA) is 52.6 Å². The molecule has 5 heteroatoms. The van der Waals surface area contributed by atoms with Crippen molar-refractivity contribution in [2.45, 2.75) is 11.6 Å². The number of halogens is 1. The summed E-state index contributed by atoms with van der Waals surface area (Å²) < 4.78 is 23.7. The fourth-order valence-corrected chi connectivity index (χ4v) is 1.82. The highest BCUT2D eigenvalue weighted by molar-refractivity contribution is 6.05. The number of allylic oxidation sites excluding steroid dienone is 1. The van der Waals surface area contributed by atoms with Crippen LogP contribution in [0.4, 0.5) is 4.39 Å². The average molecular weight is 266 g/mol. The number of ether oxygens (including phenoxy) is 2. The zero-order valence-corrected chi connectivity index (χ0v) is 10.8. The first-order chi connectivity index (χ1) is 9.02. The average Bonchev–Trinajstić information content (AvgIpc) is 2.46. The maximum absolute atomic E-state index is 14.9. The van der Waals surface area contributed by atoms with Crippen LogP contribution in [0, 0.1) is 0 Å². The van der Waals surface area contributed by atoms with Crippen LogP contribution in [0.3, 0.4) is 0 Å². The van der Waals surface area contributed by atoms with E-state index in [9.17, 15) is 14.0 Å². The van der Waals surface area contributed by atoms with Crippen molar-refractivity contribution in [1.82, 2.24) is 0 Å². The lowest BCUT2D eigenvalue weighted by molar-refractivity contribution is -0.172. The second kappa shape index (κ2) is 6.13. The van der Waals surface area contributed by atoms with Gasteiger partial charge in [0.1, 0.15) is 0 Å². The Morgan fingerprint density at radius 3 is 2.05 bits per heavy atom. The van der Waals surface area contributed by atoms with Crippen molar-refractivity contribution in [2.75, 3.05) is 14.2 Å². The Morgan fingerprint density at radius 1 is 1.21 bits per heavy atom. The van der Waals surface area contributed by atoms with E-state index in [-0.39, 0.29) is 0 Å². The number of benzene rings is 1. The molecule has 0 unspecified atom stereocenters. The lowest BCUT2D eigenvalue weighted by Gasteiger charge is -2.27. The van der Waals surface area contributed by atoms with Gasteiger partial charge in [0.2, 0.25) is 0 Å². The molecule has 1 atom stereocenters. The number of carbonyl (C=O) groups excluding carboxylic acids is 2. The van der Waals surface area contributed by atoms with Crippen LogP contribution in [-0.2, 0) is 19.1 Å². The number of hydrogen-bond donors (Lipinski definition) is 0. The highest BCUT2D eigenvalue weighted by atomic mass is 19.1. The molecule has 0 saturated carbocycles. The van der Waals surface area contributed by atoms with Crippen LogP contribution in [0.15, 0.2) is 43.0 Å². The molecule has 1 aromatic carbocycles. The standard InChI is InChI=1S/C14H15FO4/c1-4-11(10-8-6-5-7-9-10)14(15,12(16)18-2)13(17)19-3/h4-9,11H,1H2,2-3H3/t11-/m0/s1. The highest BCUT2D eigenvalue weighted by Crippen LogP contribution is 2.35. The third kappa shape index (κ3) is 2.65. The van der Waals surface area contributed by atoms with Gasteiger partial charge in [-0.25, -0.2) is 14.0 Å². The molecule has 0 aromatic heterocycles. The van der Waals surface area contributed by atoms with E-state index >= 15 is 0 Å². The molecule has 0 aliphatic heterocycles. The van der Waals surface area contributed by atoms with Crippen molar-refractivity contribution in [2.24, 2.45) is 0 Å². The highest BCUT2D eigenvalue weighted by Gasteiger charge is 2.55. The third-order valence-electron chi connectivity index (χ3n) is 2.79. The molecule has 19 heavy (non-hydrogen) atoms. The summed E-state index contributed by atoms with van der Waals surface area (Å²) in [4.78, 5) is 23.3. The Labute approximate surface area is 110 Å². The molecule has 0 bridgehead atoms. The largest absolute Gasteiger partial charge is 0.466 e. The van der Waals surface area contributed by atoms with Gasteiger partial charge in [0.05, 0.1) is 20.1 Å². The van der Waals surface area contributed by atoms with Crippen LogP contribution in [0.1, 0.15) is 11.5 Å². The van der Waals surface area contributed by atoms with E-state index in [4.69, 9.17) is 0 Å². The van der Waals surface area contributed by atoms with E-state index in [1.165, 1.54) is 6.08 Å². The molecular weight excluding hydrogens is 251 g/mol. The fraction of sp³-hybridized carbons (Fsp3) is 0.286. The smallest absolute Gasteiger partial charge is 0.356 e. The third-order valence-corrected chi connectivity index (χ3v) is 2.79. The Morgan fingerprint density at radius 2 is 1.68 bits per heavy atom. The predicted molar refractivity (Wildman–Crippen MR) is 67.3 cm³/mol. The van der Waals surface area contributed by atoms with Gasteiger partial charge in [-0.15, -0.1) is 6.58 Å². The molecule has 0 fully saturated rings. The summed E-state index contributed by atoms with van der Waals surface area (Å²) >= 11 is 0. The second-order valence-electron chi connectivity index (χ2n) is 3.82. The van der Waals surface area contributed by atoms with E-state index in [0.29, 0.717) is 5.56 Å². The van der Waals surface area contributed by atoms with Crippen molar-refractivity contribution < 1.29 is 23.5 Å². The van der Waals surface area contributed by atoms with Crippen molar-refractivity contribution in [3.8, 4) is 0 Å². The van der Waals surface area contributed by atoms with Gasteiger partial charge in [0.15, 0.2) is 0 Å². The van der Waals surface area contributed by atoms with E-state index < -0.39 is 23.5 Å². The molecule has 4 nitrogen and oxygen atoms in total. The van der Waals surface area contributed by atoms with Crippen LogP contribution >= 0.6 is 0 Å². The predicted octanol–water partition coefficient (Wildman–Crippen LogP) is 2.01. The normalized spacial score (nSPS) is 12.4. The summed E-state index contributed by atoms with van der Waals surface area (Å²) in [5.41, 5.74) is -2.53. The number of esters is 2. The number of rotatable bonds is 5. The lowest BCUT2D eigenvalue weighted by atomic mass is 9.83. The first kappa shape index (κ1) is 14.9. The maximum atomic E-state index is 14.9. The Hall–Kier alpha value is -2.17. The first-order valence-corrected chi connectivity index (χ1v) is 5.55. The molecule has 0 heterocycles. The molecule has 0 N–H and O–H groups in total. The van der Waals surface area contributed by atoms with Gasteiger partial charge < -0.3 is 9.47 Å². The summed E-state index contributed by atoms with van der Waals surface area (Å²) in [7, 11) is 2.01. The summed E-state index contributed by atoms with van der Waals surface area (Å²) in [5.74, 6) is -3.81. The van der Waals surface area contributed by atoms with Gasteiger partial charge in [0, 0.05) is 0 Å². The molecule has 0 aliphatic carbocycles. The minimum Gasteiger partial charge on any atom is -0.466 e. The zero-order valence-electron chi connectivity index (χ0n) is 10.8. The molecule has 0 saturated heterocycles. The minimum absolute atomic E-state index is 0.427. The van der Waals surface area contributed by atoms with E-state index in [2.05, 4.69) is 16.1 Å². The number of hydrogen-bond acceptors (Lipinski definition) is 4. The van der Waals surface area contributed by atoms with Gasteiger partial charge in [-0.2, -0.15) is 0 Å². The number of alkyl halides is 1. The molecule has 0 aliphatic rings. The monoisotopic (exact) mass is 266 g/mol. The van der Waals surface area contributed by atoms with Gasteiger partial charge in [-0.3, -0.25) is 0 Å². The van der Waals surface area contributed by atoms with Gasteiger partial charge in [0.25, 0.3) is 0 Å². The van der Waals surface area contributed by atoms with Gasteiger partial charge in [-0.1, -0.05) is 36.4 Å². The first-order valence-electron chi connectivity index (χ1n) is 5.55. The number of carbonyl (C=O) groups is 2. The molecule has 1 rings (SSSR count). The summed E-state index contributed by atoms with van der Waals surface area (Å²) in [5, 5.41) is 0. The SMILES string of the molecule is C=C[C@@H](c1ccccc1)C(F)(C(=O)OC)C(=O)OC. The molecule has 1 aromatic rings. The van der Waals surface area contributed by atoms with Crippen LogP contribution in [0.2, 0.25) is 0 Å². The Kier molecular flexibility index (Phi) is 4.80. The number of methoxy groups -OCH3 is 2. The van der Waals surface area contributed by atoms with Gasteiger partial charge in [-0.05, 0) is 5.56 Å². The van der Waals surface area contributed by atoms with E-state index in [0.717, 1.165) is 14.2 Å². The quantitative estimate of drug-likeness (QED) is 0.465. The van der Waals surface area contributed by atoms with Crippen LogP contribution in [0.5, 0.6) is 0 Å². The van der Waals surface area contributed by atoms with E-state index in [1.807, 2.05) is 0 Å². The second-order valence-corrected chi connectivity index (χ2v) is 3.82. The molecule has 0 radical (unpaired) electrons. The molecular formula is C14H15FO4. The zero-order chi connectivity index (χ0) is 14.5. The molecule has 0 amide bonds. The Balaban J connectivity index is 3.34. The summed E-state index contributed by atoms with van der Waals surface area (Å²) in [6.45, 7) is 3.48. The van der Waals surface area contributed by atoms with Crippen molar-refractivity contribution in [1.29, 1.82) is 0 Å². The van der Waals surface area contributed by atoms with Crippen LogP contribution in [0.25, 0.3) is 0 Å². The fourth-order valence-electron chi connectivity index (χ4n) is 1.82. The van der Waals surface area contributed by atoms with Crippen molar-refractivity contribution in [3.63, 3.8) is 0 Å². The van der Waals surface area contributed by atoms with Gasteiger partial charge >= 0.3 is 17.6 Å². The molecule has 102 valence electrons. The summed E-state index contributed by atoms with van der Waals surface area (Å²) in [6, 6.07) is 8.25. The minimum atomic E-state index is -2.95. The lowest BCUT2D eigenvalue weighted by Crippen LogP contribution is -2.48. The summed E-state index contributed by atoms with van der Waals surface area (Å²) in [6.07, 6.45) is 1.18. The maximum Gasteiger partial charge on any atom is 0.356 e. The van der Waals surface area contributed by atoms with Crippen molar-refractivity contribution in [3.05, 3.63) is 48.6 Å². The van der Waals surface area contributed by atoms with E-state index in [1.54, 1.807) is 30.3 Å². The van der Waals surface area contributed by atoms with Crippen LogP contribution in [-0.4, -0.2) is 31.8 Å². The molecule has 0 spiro atoms. The Bertz CT molecular complexity index is 454. The van der Waals surface area contributed by atoms with Crippen molar-refractivity contribution >= 4 is 11.9 Å². The van der Waals surface area contributed by atoms with Crippen LogP contribution < -0.4 is 0 Å².